The van der Waals surface area contributed by atoms with Crippen LogP contribution in [0, 0.1) is 20.8 Å². The van der Waals surface area contributed by atoms with Crippen molar-refractivity contribution in [2.45, 2.75) is 164 Å². The number of benzene rings is 4. The molecule has 0 atom stereocenters. The number of aryl methyl sites for hydroxylation is 3. The molecule has 2 saturated heterocycles. The van der Waals surface area contributed by atoms with Gasteiger partial charge in [0.1, 0.15) is 34.7 Å². The summed E-state index contributed by atoms with van der Waals surface area (Å²) in [6.07, 6.45) is 13.9. The molecule has 0 unspecified atom stereocenters. The van der Waals surface area contributed by atoms with Gasteiger partial charge in [0.05, 0.1) is 102 Å². The number of hydrogen-bond acceptors (Lipinski definition) is 24. The van der Waals surface area contributed by atoms with Crippen molar-refractivity contribution >= 4 is 46.6 Å². The average Bonchev–Trinajstić information content (AvgIpc) is 1.67. The molecule has 3 saturated carbocycles. The third-order valence-corrected chi connectivity index (χ3v) is 27.6. The van der Waals surface area contributed by atoms with Crippen LogP contribution in [-0.2, 0) is 41.2 Å². The van der Waals surface area contributed by atoms with Crippen LogP contribution in [0.2, 0.25) is 0 Å². The second-order valence-electron chi connectivity index (χ2n) is 30.0. The summed E-state index contributed by atoms with van der Waals surface area (Å²) in [5, 5.41) is 23.5. The van der Waals surface area contributed by atoms with Gasteiger partial charge in [-0.1, -0.05) is 44.6 Å². The van der Waals surface area contributed by atoms with Crippen LogP contribution in [0.15, 0.2) is 102 Å². The second kappa shape index (κ2) is 37.6. The molecule has 4 aromatic carbocycles. The maximum atomic E-state index is 13.7. The number of H-pyrrole nitrogens is 3. The van der Waals surface area contributed by atoms with Gasteiger partial charge in [0.2, 0.25) is 30.1 Å². The zero-order valence-electron chi connectivity index (χ0n) is 68.0. The first-order valence-electron chi connectivity index (χ1n) is 40.5. The van der Waals surface area contributed by atoms with E-state index in [4.69, 9.17) is 58.7 Å². The molecular weight excluding hydrogens is 1560 g/mol. The van der Waals surface area contributed by atoms with E-state index in [1.54, 1.807) is 66.0 Å². The lowest BCUT2D eigenvalue weighted by atomic mass is 10.1. The number of β-amino-alcohol motifs (C(OH)–C–C–N with tert-alkyl or cyclic N) is 1. The van der Waals surface area contributed by atoms with Crippen molar-refractivity contribution in [3.05, 3.63) is 144 Å². The Morgan fingerprint density at radius 2 is 0.915 bits per heavy atom. The number of nitrogens with zero attached hydrogens (tertiary/aromatic N) is 13. The van der Waals surface area contributed by atoms with Crippen LogP contribution in [0.1, 0.15) is 162 Å². The number of nitrogens with one attached hydrogen (secondary N) is 4. The van der Waals surface area contributed by atoms with Gasteiger partial charge in [0.15, 0.2) is 45.5 Å². The Bertz CT molecular complexity index is 5740. The minimum absolute atomic E-state index is 0.0451. The number of hydrogen-bond donors (Lipinski definition) is 5. The Labute approximate surface area is 680 Å². The van der Waals surface area contributed by atoms with Gasteiger partial charge in [0, 0.05) is 83.7 Å². The van der Waals surface area contributed by atoms with E-state index in [9.17, 15) is 44.7 Å². The average molecular weight is 1670 g/mol. The predicted octanol–water partition coefficient (Wildman–Crippen LogP) is 8.53. The van der Waals surface area contributed by atoms with E-state index < -0.39 is 30.1 Å². The Morgan fingerprint density at radius 1 is 0.513 bits per heavy atom. The van der Waals surface area contributed by atoms with E-state index in [1.807, 2.05) is 51.7 Å². The molecule has 0 radical (unpaired) electrons. The third-order valence-electron chi connectivity index (χ3n) is 22.4. The molecule has 3 aliphatic carbocycles. The SMILES string of the molecule is CCOc1ccc(S(=O)(=O)N(C)CCc2ccc(OC)c(OC)c2)cc1-c1nn2c(C3CCCC3)nc(C)c2c(=O)[nH]1.CCOc1ccc(S(=O)(=O)N2CCN(CCO)CC2)cc1-c1nn2c(C3CCCC3)nc(C)c2c(=O)[nH]1.CCOc1ccc(S(=O)(=O)NCCCN2CCOCC2)cc1-c1nn2c(C3CCCC3)nc(C)c2c(=O)[nH]1. The maximum absolute atomic E-state index is 13.7. The van der Waals surface area contributed by atoms with E-state index in [-0.39, 0.29) is 79.7 Å². The van der Waals surface area contributed by atoms with Crippen molar-refractivity contribution in [3.63, 3.8) is 0 Å². The topological polar surface area (TPSA) is 392 Å². The number of imidazole rings is 3. The smallest absolute Gasteiger partial charge is 0.277 e. The highest BCUT2D eigenvalue weighted by Gasteiger charge is 2.34. The molecule has 15 rings (SSSR count). The number of methoxy groups -OCH3 is 2. The van der Waals surface area contributed by atoms with Gasteiger partial charge in [-0.05, 0) is 172 Å². The molecular formula is C81H107N17O16S3. The first-order valence-corrected chi connectivity index (χ1v) is 44.8. The minimum atomic E-state index is -3.89. The van der Waals surface area contributed by atoms with E-state index in [2.05, 4.69) is 24.6 Å². The number of likely N-dealkylation sites (N-methyl/N-ethyl adjacent to an activating group) is 1. The summed E-state index contributed by atoms with van der Waals surface area (Å²) in [6, 6.07) is 19.5. The number of aliphatic hydroxyl groups excluding tert-OH is 1. The molecule has 0 spiro atoms. The van der Waals surface area contributed by atoms with Gasteiger partial charge >= 0.3 is 0 Å². The summed E-state index contributed by atoms with van der Waals surface area (Å²) in [6.45, 7) is 18.9. The van der Waals surface area contributed by atoms with Crippen LogP contribution in [0.25, 0.3) is 50.7 Å². The van der Waals surface area contributed by atoms with Gasteiger partial charge in [-0.2, -0.15) is 4.31 Å². The maximum Gasteiger partial charge on any atom is 0.277 e. The van der Waals surface area contributed by atoms with Crippen LogP contribution >= 0.6 is 0 Å². The van der Waals surface area contributed by atoms with Crippen molar-refractivity contribution in [1.29, 1.82) is 0 Å². The normalized spacial score (nSPS) is 16.5. The fourth-order valence-electron chi connectivity index (χ4n) is 16.2. The summed E-state index contributed by atoms with van der Waals surface area (Å²) in [5.74, 6) is 6.24. The quantitative estimate of drug-likeness (QED) is 0.0274. The van der Waals surface area contributed by atoms with Gasteiger partial charge in [-0.25, -0.2) is 62.8 Å². The van der Waals surface area contributed by atoms with Crippen molar-refractivity contribution < 1.29 is 58.8 Å². The fourth-order valence-corrected chi connectivity index (χ4v) is 20.0. The molecule has 2 aliphatic heterocycles. The molecule has 36 heteroatoms. The molecule has 10 aromatic rings. The minimum Gasteiger partial charge on any atom is -0.493 e. The number of sulfonamides is 3. The van der Waals surface area contributed by atoms with Gasteiger partial charge in [0.25, 0.3) is 16.7 Å². The van der Waals surface area contributed by atoms with E-state index in [1.165, 1.54) is 45.0 Å². The number of rotatable bonds is 29. The molecule has 0 bridgehead atoms. The largest absolute Gasteiger partial charge is 0.493 e. The standard InChI is InChI=1S/C30H37N5O6S.C26H36N6O5S.C25H34N6O5S/c1-6-41-24-14-12-22(42(37,38)34(3)16-15-20-11-13-25(39-4)26(17-20)40-5)18-23(24)28-32-30(36)27-19(2)31-29(35(27)33-28)21-9-7-8-10-21;1-3-37-22-10-9-20(38(34,35)27-11-6-12-31-13-15-36-16-14-31)17-21(22)24-29-26(33)23-18(2)28-25(32(23)30-24)19-7-4-5-8-19;1-3-36-21-9-8-19(37(34,35)30-12-10-29(11-13-30)14-15-32)16-20(21)23-27-25(33)22-17(2)26-24(31(22)28-23)18-6-4-5-7-18/h11-14,17-18,21H,6-10,15-16H2,1-5H3,(H,32,33,36);9-10,17,19,27H,3-8,11-16H2,1-2H3,(H,29,30,33);8-9,16,18,32H,3-7,10-15H2,1-2H3,(H,27,28,33). The highest BCUT2D eigenvalue weighted by atomic mass is 32.2. The molecule has 8 heterocycles. The molecule has 6 aromatic heterocycles. The lowest BCUT2D eigenvalue weighted by Gasteiger charge is -2.33. The summed E-state index contributed by atoms with van der Waals surface area (Å²) < 4.78 is 125. The van der Waals surface area contributed by atoms with Gasteiger partial charge in [-0.15, -0.1) is 15.3 Å². The Kier molecular flexibility index (Phi) is 27.5. The first kappa shape index (κ1) is 85.4. The molecule has 5 N–H and O–H groups in total. The van der Waals surface area contributed by atoms with Crippen LogP contribution in [0.3, 0.4) is 0 Å². The van der Waals surface area contributed by atoms with Crippen LogP contribution in [0.5, 0.6) is 28.7 Å². The summed E-state index contributed by atoms with van der Waals surface area (Å²) in [4.78, 5) is 66.7. The highest BCUT2D eigenvalue weighted by molar-refractivity contribution is 7.89. The first-order chi connectivity index (χ1) is 56.4. The number of piperazine rings is 1. The molecule has 5 aliphatic rings. The third kappa shape index (κ3) is 18.8. The predicted molar refractivity (Wildman–Crippen MR) is 441 cm³/mol. The molecule has 33 nitrogen and oxygen atoms in total. The van der Waals surface area contributed by atoms with Crippen molar-refractivity contribution in [1.82, 2.24) is 81.9 Å². The molecule has 630 valence electrons. The van der Waals surface area contributed by atoms with Crippen molar-refractivity contribution in [2.75, 3.05) is 126 Å². The number of aromatic amines is 3. The Hall–Kier alpha value is -9.50. The Morgan fingerprint density at radius 3 is 1.34 bits per heavy atom. The monoisotopic (exact) mass is 1670 g/mol. The van der Waals surface area contributed by atoms with E-state index in [0.29, 0.717) is 164 Å². The number of fused-ring (bicyclic) bond motifs is 3. The Balaban J connectivity index is 0.000000153. The van der Waals surface area contributed by atoms with E-state index >= 15 is 0 Å². The highest BCUT2D eigenvalue weighted by Crippen LogP contribution is 2.40. The summed E-state index contributed by atoms with van der Waals surface area (Å²) in [7, 11) is -6.78. The number of aromatic nitrogens is 12. The van der Waals surface area contributed by atoms with Gasteiger partial charge in [-0.3, -0.25) is 24.2 Å². The zero-order chi connectivity index (χ0) is 82.9. The lowest BCUT2D eigenvalue weighted by molar-refractivity contribution is 0.0376. The van der Waals surface area contributed by atoms with E-state index in [0.717, 1.165) is 120 Å². The molecule has 117 heavy (non-hydrogen) atoms. The van der Waals surface area contributed by atoms with Crippen molar-refractivity contribution in [2.24, 2.45) is 0 Å². The summed E-state index contributed by atoms with van der Waals surface area (Å²) in [5.41, 5.74) is 4.24. The van der Waals surface area contributed by atoms with Crippen LogP contribution in [-0.4, -0.2) is 234 Å². The zero-order valence-corrected chi connectivity index (χ0v) is 70.4. The fraction of sp³-hybridized carbons (Fsp3) is 0.519. The van der Waals surface area contributed by atoms with Crippen LogP contribution < -0.4 is 45.1 Å². The summed E-state index contributed by atoms with van der Waals surface area (Å²) >= 11 is 0. The lowest BCUT2D eigenvalue weighted by Crippen LogP contribution is -2.49. The molecule has 5 fully saturated rings. The molecule has 0 amide bonds. The van der Waals surface area contributed by atoms with Crippen molar-refractivity contribution in [3.8, 4) is 62.9 Å². The number of aliphatic hydroxyl groups is 1. The number of ether oxygens (including phenoxy) is 6. The van der Waals surface area contributed by atoms with Gasteiger partial charge < -0.3 is 48.5 Å². The number of morpholine rings is 1. The van der Waals surface area contributed by atoms with Crippen LogP contribution in [0.4, 0.5) is 0 Å². The second-order valence-corrected chi connectivity index (χ2v) is 35.8.